The van der Waals surface area contributed by atoms with Crippen molar-refractivity contribution in [1.29, 1.82) is 0 Å². The summed E-state index contributed by atoms with van der Waals surface area (Å²) in [5, 5.41) is 8.91. The molecule has 3 N–H and O–H groups in total. The Kier molecular flexibility index (Phi) is 6.56. The molecule has 0 aromatic carbocycles. The average molecular weight is 241 g/mol. The van der Waals surface area contributed by atoms with Crippen LogP contribution in [0.25, 0.3) is 0 Å². The van der Waals surface area contributed by atoms with Crippen molar-refractivity contribution in [3.63, 3.8) is 0 Å². The Morgan fingerprint density at radius 1 is 1.29 bits per heavy atom. The molecule has 1 rings (SSSR count). The largest absolute Gasteiger partial charge is 0.481 e. The topological polar surface area (TPSA) is 63.3 Å². The van der Waals surface area contributed by atoms with Gasteiger partial charge in [0.1, 0.15) is 0 Å². The molecule has 1 saturated carbocycles. The molecule has 100 valence electrons. The van der Waals surface area contributed by atoms with E-state index in [2.05, 4.69) is 6.92 Å². The van der Waals surface area contributed by atoms with Gasteiger partial charge in [-0.05, 0) is 24.7 Å². The highest BCUT2D eigenvalue weighted by Crippen LogP contribution is 2.30. The molecular formula is C14H27NO2. The van der Waals surface area contributed by atoms with Gasteiger partial charge in [0.25, 0.3) is 0 Å². The van der Waals surface area contributed by atoms with E-state index in [-0.39, 0.29) is 12.5 Å². The van der Waals surface area contributed by atoms with Crippen molar-refractivity contribution in [2.75, 3.05) is 6.54 Å². The van der Waals surface area contributed by atoms with Crippen LogP contribution in [0.15, 0.2) is 0 Å². The van der Waals surface area contributed by atoms with Gasteiger partial charge in [-0.2, -0.15) is 0 Å². The maximum absolute atomic E-state index is 10.8. The van der Waals surface area contributed by atoms with E-state index in [1.54, 1.807) is 0 Å². The molecule has 3 nitrogen and oxygen atoms in total. The lowest BCUT2D eigenvalue weighted by Gasteiger charge is -2.16. The highest BCUT2D eigenvalue weighted by atomic mass is 16.4. The van der Waals surface area contributed by atoms with Gasteiger partial charge in [-0.25, -0.2) is 0 Å². The average Bonchev–Trinajstić information content (AvgIpc) is 2.79. The molecule has 1 fully saturated rings. The Bertz CT molecular complexity index is 224. The third kappa shape index (κ3) is 5.53. The molecule has 0 heterocycles. The van der Waals surface area contributed by atoms with Crippen molar-refractivity contribution in [2.24, 2.45) is 23.5 Å². The Morgan fingerprint density at radius 2 is 1.94 bits per heavy atom. The predicted molar refractivity (Wildman–Crippen MR) is 69.8 cm³/mol. The van der Waals surface area contributed by atoms with Crippen LogP contribution in [0.2, 0.25) is 0 Å². The number of aliphatic carboxylic acids is 1. The van der Waals surface area contributed by atoms with E-state index in [0.29, 0.717) is 5.92 Å². The van der Waals surface area contributed by atoms with Crippen molar-refractivity contribution in [3.05, 3.63) is 0 Å². The molecule has 3 heteroatoms. The summed E-state index contributed by atoms with van der Waals surface area (Å²) in [5.74, 6) is 0.505. The van der Waals surface area contributed by atoms with Gasteiger partial charge >= 0.3 is 5.97 Å². The van der Waals surface area contributed by atoms with Crippen molar-refractivity contribution in [1.82, 2.24) is 0 Å². The molecule has 1 aliphatic carbocycles. The summed E-state index contributed by atoms with van der Waals surface area (Å²) in [6.45, 7) is 2.51. The fourth-order valence-electron chi connectivity index (χ4n) is 2.79. The Morgan fingerprint density at radius 3 is 2.47 bits per heavy atom. The zero-order valence-electron chi connectivity index (χ0n) is 11.0. The fourth-order valence-corrected chi connectivity index (χ4v) is 2.79. The van der Waals surface area contributed by atoms with Gasteiger partial charge in [-0.15, -0.1) is 0 Å². The molecule has 0 bridgehead atoms. The van der Waals surface area contributed by atoms with Crippen LogP contribution in [0.3, 0.4) is 0 Å². The van der Waals surface area contributed by atoms with Gasteiger partial charge in [-0.3, -0.25) is 4.79 Å². The van der Waals surface area contributed by atoms with E-state index in [1.165, 1.54) is 38.5 Å². The van der Waals surface area contributed by atoms with Crippen LogP contribution in [-0.2, 0) is 4.79 Å². The summed E-state index contributed by atoms with van der Waals surface area (Å²) >= 11 is 0. The van der Waals surface area contributed by atoms with Gasteiger partial charge in [0.15, 0.2) is 0 Å². The molecule has 17 heavy (non-hydrogen) atoms. The lowest BCUT2D eigenvalue weighted by Crippen LogP contribution is -2.23. The Hall–Kier alpha value is -0.570. The van der Waals surface area contributed by atoms with Crippen molar-refractivity contribution >= 4 is 5.97 Å². The van der Waals surface area contributed by atoms with Gasteiger partial charge in [0.05, 0.1) is 5.92 Å². The molecule has 0 aromatic rings. The molecule has 2 atom stereocenters. The number of carboxylic acids is 1. The van der Waals surface area contributed by atoms with E-state index in [0.717, 1.165) is 18.8 Å². The number of carbonyl (C=O) groups is 1. The first-order chi connectivity index (χ1) is 8.13. The number of hydrogen-bond acceptors (Lipinski definition) is 2. The third-order valence-electron chi connectivity index (χ3n) is 4.18. The smallest absolute Gasteiger partial charge is 0.307 e. The highest BCUT2D eigenvalue weighted by molar-refractivity contribution is 5.70. The zero-order valence-corrected chi connectivity index (χ0v) is 11.0. The molecule has 0 saturated heterocycles. The van der Waals surface area contributed by atoms with Crippen LogP contribution < -0.4 is 5.73 Å². The highest BCUT2D eigenvalue weighted by Gasteiger charge is 2.18. The van der Waals surface area contributed by atoms with Gasteiger partial charge in [-0.1, -0.05) is 45.4 Å². The minimum Gasteiger partial charge on any atom is -0.481 e. The first-order valence-corrected chi connectivity index (χ1v) is 7.06. The second-order valence-electron chi connectivity index (χ2n) is 5.68. The fraction of sp³-hybridized carbons (Fsp3) is 0.929. The number of nitrogens with two attached hydrogens (primary N) is 1. The van der Waals surface area contributed by atoms with Crippen LogP contribution in [0, 0.1) is 17.8 Å². The van der Waals surface area contributed by atoms with Gasteiger partial charge in [0, 0.05) is 6.54 Å². The lowest BCUT2D eigenvalue weighted by molar-refractivity contribution is -0.141. The Balaban J connectivity index is 2.11. The van der Waals surface area contributed by atoms with Gasteiger partial charge < -0.3 is 10.8 Å². The number of hydrogen-bond donors (Lipinski definition) is 2. The molecule has 0 aromatic heterocycles. The minimum absolute atomic E-state index is 0.269. The molecular weight excluding hydrogens is 214 g/mol. The second kappa shape index (κ2) is 7.70. The van der Waals surface area contributed by atoms with Crippen LogP contribution in [-0.4, -0.2) is 17.6 Å². The molecule has 0 spiro atoms. The summed E-state index contributed by atoms with van der Waals surface area (Å²) < 4.78 is 0. The Labute approximate surface area is 105 Å². The van der Waals surface area contributed by atoms with Crippen LogP contribution in [0.1, 0.15) is 58.3 Å². The van der Waals surface area contributed by atoms with E-state index < -0.39 is 5.97 Å². The quantitative estimate of drug-likeness (QED) is 0.686. The van der Waals surface area contributed by atoms with Crippen molar-refractivity contribution < 1.29 is 9.90 Å². The summed E-state index contributed by atoms with van der Waals surface area (Å²) in [7, 11) is 0. The number of carboxylic acid groups (broad SMARTS) is 1. The van der Waals surface area contributed by atoms with Crippen LogP contribution in [0.5, 0.6) is 0 Å². The molecule has 0 amide bonds. The first kappa shape index (κ1) is 14.5. The summed E-state index contributed by atoms with van der Waals surface area (Å²) in [6, 6.07) is 0. The first-order valence-electron chi connectivity index (χ1n) is 7.06. The monoisotopic (exact) mass is 241 g/mol. The lowest BCUT2D eigenvalue weighted by atomic mass is 9.90. The van der Waals surface area contributed by atoms with Crippen molar-refractivity contribution in [2.45, 2.75) is 58.3 Å². The molecule has 0 radical (unpaired) electrons. The van der Waals surface area contributed by atoms with Crippen LogP contribution >= 0.6 is 0 Å². The zero-order chi connectivity index (χ0) is 12.7. The summed E-state index contributed by atoms with van der Waals surface area (Å²) in [6.07, 6.45) is 9.96. The maximum atomic E-state index is 10.8. The molecule has 0 aliphatic heterocycles. The van der Waals surface area contributed by atoms with Crippen molar-refractivity contribution in [3.8, 4) is 0 Å². The van der Waals surface area contributed by atoms with E-state index in [9.17, 15) is 4.79 Å². The normalized spacial score (nSPS) is 20.4. The maximum Gasteiger partial charge on any atom is 0.307 e. The SMILES string of the molecule is CC(CCC1CCCC1)CCC(CN)C(=O)O. The van der Waals surface area contributed by atoms with E-state index >= 15 is 0 Å². The second-order valence-corrected chi connectivity index (χ2v) is 5.68. The molecule has 2 unspecified atom stereocenters. The standard InChI is InChI=1S/C14H27NO2/c1-11(6-8-12-4-2-3-5-12)7-9-13(10-15)14(16)17/h11-13H,2-10,15H2,1H3,(H,16,17). The number of rotatable bonds is 8. The third-order valence-corrected chi connectivity index (χ3v) is 4.18. The predicted octanol–water partition coefficient (Wildman–Crippen LogP) is 3.03. The molecule has 1 aliphatic rings. The summed E-state index contributed by atoms with van der Waals surface area (Å²) in [4.78, 5) is 10.8. The van der Waals surface area contributed by atoms with E-state index in [1.807, 2.05) is 0 Å². The van der Waals surface area contributed by atoms with E-state index in [4.69, 9.17) is 10.8 Å². The minimum atomic E-state index is -0.740. The van der Waals surface area contributed by atoms with Crippen LogP contribution in [0.4, 0.5) is 0 Å². The van der Waals surface area contributed by atoms with Gasteiger partial charge in [0.2, 0.25) is 0 Å². The summed E-state index contributed by atoms with van der Waals surface area (Å²) in [5.41, 5.74) is 5.45.